The highest BCUT2D eigenvalue weighted by Gasteiger charge is 2.23. The molecule has 0 aliphatic carbocycles. The molecule has 68 heavy (non-hydrogen) atoms. The van der Waals surface area contributed by atoms with E-state index in [2.05, 4.69) is 263 Å². The van der Waals surface area contributed by atoms with Gasteiger partial charge >= 0.3 is 0 Å². The van der Waals surface area contributed by atoms with E-state index >= 15 is 0 Å². The van der Waals surface area contributed by atoms with E-state index in [1.165, 1.54) is 49.0 Å². The van der Waals surface area contributed by atoms with E-state index in [9.17, 15) is 0 Å². The molecule has 0 aliphatic heterocycles. The van der Waals surface area contributed by atoms with E-state index in [1.54, 1.807) is 0 Å². The molecule has 4 heteroatoms. The molecule has 0 radical (unpaired) electrons. The van der Waals surface area contributed by atoms with Crippen molar-refractivity contribution in [3.63, 3.8) is 0 Å². The van der Waals surface area contributed by atoms with Gasteiger partial charge in [0, 0.05) is 60.5 Å². The van der Waals surface area contributed by atoms with Crippen LogP contribution in [0, 0.1) is 0 Å². The molecule has 0 saturated heterocycles. The van der Waals surface area contributed by atoms with Crippen LogP contribution in [0.3, 0.4) is 0 Å². The maximum absolute atomic E-state index is 6.64. The topological polar surface area (TPSA) is 26.2 Å². The standard InChI is InChI=1S/C64H41N3O/c1-2-18-44-40-63-55(39-43(44)17-1)64-54(27-16-34-62(64)68-63)53-26-8-10-29-57(53)65(46-19-15-20-47(41-46)66-58-30-11-4-22-49(58)50-23-5-12-31-59(50)66)45-37-35-42(36-38-45)48-21-3-9-28-56(48)67-60-32-13-6-24-51(60)52-25-7-14-33-61(52)67/h1-41H. The summed E-state index contributed by atoms with van der Waals surface area (Å²) in [5.41, 5.74) is 16.4. The zero-order chi connectivity index (χ0) is 44.7. The third-order valence-electron chi connectivity index (χ3n) is 13.9. The summed E-state index contributed by atoms with van der Waals surface area (Å²) in [5.74, 6) is 0. The molecule has 14 aromatic rings. The molecule has 0 atom stereocenters. The first-order chi connectivity index (χ1) is 33.7. The molecule has 14 rings (SSSR count). The van der Waals surface area contributed by atoms with Gasteiger partial charge in [-0.25, -0.2) is 0 Å². The molecule has 0 unspecified atom stereocenters. The van der Waals surface area contributed by atoms with Crippen LogP contribution in [0.1, 0.15) is 0 Å². The minimum absolute atomic E-state index is 0.869. The van der Waals surface area contributed by atoms with Crippen molar-refractivity contribution in [3.05, 3.63) is 249 Å². The quantitative estimate of drug-likeness (QED) is 0.160. The van der Waals surface area contributed by atoms with Crippen LogP contribution in [-0.4, -0.2) is 9.13 Å². The summed E-state index contributed by atoms with van der Waals surface area (Å²) < 4.78 is 11.5. The van der Waals surface area contributed by atoms with Gasteiger partial charge in [-0.2, -0.15) is 0 Å². The zero-order valence-electron chi connectivity index (χ0n) is 36.9. The molecule has 11 aromatic carbocycles. The lowest BCUT2D eigenvalue weighted by Crippen LogP contribution is -2.12. The van der Waals surface area contributed by atoms with E-state index in [-0.39, 0.29) is 0 Å². The van der Waals surface area contributed by atoms with Gasteiger partial charge in [0.05, 0.1) is 33.4 Å². The van der Waals surface area contributed by atoms with Crippen LogP contribution in [0.5, 0.6) is 0 Å². The summed E-state index contributed by atoms with van der Waals surface area (Å²) in [6.07, 6.45) is 0. The third-order valence-corrected chi connectivity index (χ3v) is 13.9. The normalized spacial score (nSPS) is 11.8. The van der Waals surface area contributed by atoms with Crippen molar-refractivity contribution >= 4 is 93.4 Å². The fourth-order valence-corrected chi connectivity index (χ4v) is 10.9. The fourth-order valence-electron chi connectivity index (χ4n) is 10.9. The molecular weight excluding hydrogens is 827 g/mol. The Balaban J connectivity index is 0.973. The lowest BCUT2D eigenvalue weighted by molar-refractivity contribution is 0.669. The summed E-state index contributed by atoms with van der Waals surface area (Å²) in [7, 11) is 0. The monoisotopic (exact) mass is 867 g/mol. The van der Waals surface area contributed by atoms with Gasteiger partial charge in [0.25, 0.3) is 0 Å². The molecule has 3 aromatic heterocycles. The third kappa shape index (κ3) is 5.87. The van der Waals surface area contributed by atoms with Gasteiger partial charge in [0.2, 0.25) is 0 Å². The van der Waals surface area contributed by atoms with E-state index in [1.807, 2.05) is 0 Å². The average Bonchev–Trinajstić information content (AvgIpc) is 4.06. The number of furan rings is 1. The van der Waals surface area contributed by atoms with Crippen molar-refractivity contribution in [2.45, 2.75) is 0 Å². The second-order valence-electron chi connectivity index (χ2n) is 17.7. The van der Waals surface area contributed by atoms with Crippen molar-refractivity contribution in [2.24, 2.45) is 0 Å². The van der Waals surface area contributed by atoms with Crippen LogP contribution in [-0.2, 0) is 0 Å². The highest BCUT2D eigenvalue weighted by molar-refractivity contribution is 6.17. The molecule has 0 N–H and O–H groups in total. The van der Waals surface area contributed by atoms with Gasteiger partial charge in [0.15, 0.2) is 0 Å². The van der Waals surface area contributed by atoms with Gasteiger partial charge < -0.3 is 18.5 Å². The predicted octanol–water partition coefficient (Wildman–Crippen LogP) is 17.7. The molecule has 4 nitrogen and oxygen atoms in total. The Morgan fingerprint density at radius 2 is 0.853 bits per heavy atom. The van der Waals surface area contributed by atoms with E-state index in [4.69, 9.17) is 4.42 Å². The smallest absolute Gasteiger partial charge is 0.136 e. The molecule has 0 amide bonds. The van der Waals surface area contributed by atoms with Crippen molar-refractivity contribution in [1.82, 2.24) is 9.13 Å². The Morgan fingerprint density at radius 1 is 0.324 bits per heavy atom. The van der Waals surface area contributed by atoms with E-state index in [0.29, 0.717) is 0 Å². The number of benzene rings is 11. The zero-order valence-corrected chi connectivity index (χ0v) is 36.9. The van der Waals surface area contributed by atoms with Crippen LogP contribution < -0.4 is 4.90 Å². The second kappa shape index (κ2) is 15.2. The number of aromatic nitrogens is 2. The van der Waals surface area contributed by atoms with Gasteiger partial charge in [-0.05, 0) is 107 Å². The number of fused-ring (bicyclic) bond motifs is 10. The Morgan fingerprint density at radius 3 is 1.53 bits per heavy atom. The minimum atomic E-state index is 0.869. The first-order valence-corrected chi connectivity index (χ1v) is 23.3. The maximum atomic E-state index is 6.64. The molecule has 318 valence electrons. The highest BCUT2D eigenvalue weighted by atomic mass is 16.3. The number of hydrogen-bond acceptors (Lipinski definition) is 2. The van der Waals surface area contributed by atoms with Crippen LogP contribution in [0.25, 0.3) is 110 Å². The van der Waals surface area contributed by atoms with E-state index in [0.717, 1.165) is 78.0 Å². The number of nitrogens with zero attached hydrogens (tertiary/aromatic N) is 3. The first kappa shape index (κ1) is 38.2. The average molecular weight is 868 g/mol. The molecule has 3 heterocycles. The van der Waals surface area contributed by atoms with Crippen molar-refractivity contribution in [2.75, 3.05) is 4.90 Å². The van der Waals surface area contributed by atoms with Crippen molar-refractivity contribution in [1.29, 1.82) is 0 Å². The SMILES string of the molecule is c1cc(N(c2ccc(-c3ccccc3-n3c4ccccc4c4ccccc43)cc2)c2ccccc2-c2cccc3oc4cc5ccccc5cc4c23)cc(-n2c3ccccc3c3ccccc32)c1. The number of rotatable bonds is 7. The van der Waals surface area contributed by atoms with Crippen molar-refractivity contribution in [3.8, 4) is 33.6 Å². The van der Waals surface area contributed by atoms with Crippen LogP contribution in [0.15, 0.2) is 253 Å². The van der Waals surface area contributed by atoms with Crippen LogP contribution in [0.4, 0.5) is 17.1 Å². The highest BCUT2D eigenvalue weighted by Crippen LogP contribution is 2.47. The van der Waals surface area contributed by atoms with Gasteiger partial charge in [-0.15, -0.1) is 0 Å². The second-order valence-corrected chi connectivity index (χ2v) is 17.7. The van der Waals surface area contributed by atoms with Crippen LogP contribution >= 0.6 is 0 Å². The van der Waals surface area contributed by atoms with Gasteiger partial charge in [-0.3, -0.25) is 0 Å². The number of anilines is 3. The fraction of sp³-hybridized carbons (Fsp3) is 0. The molecule has 0 spiro atoms. The summed E-state index contributed by atoms with van der Waals surface area (Å²) in [6.45, 7) is 0. The minimum Gasteiger partial charge on any atom is -0.456 e. The Bertz CT molecular complexity index is 4180. The van der Waals surface area contributed by atoms with Crippen molar-refractivity contribution < 1.29 is 4.42 Å². The Kier molecular flexibility index (Phi) is 8.55. The summed E-state index contributed by atoms with van der Waals surface area (Å²) >= 11 is 0. The lowest BCUT2D eigenvalue weighted by atomic mass is 9.96. The molecular formula is C64H41N3O. The Labute approximate surface area is 392 Å². The molecule has 0 fully saturated rings. The summed E-state index contributed by atoms with van der Waals surface area (Å²) in [4.78, 5) is 2.42. The summed E-state index contributed by atoms with van der Waals surface area (Å²) in [5, 5.41) is 9.54. The largest absolute Gasteiger partial charge is 0.456 e. The lowest BCUT2D eigenvalue weighted by Gasteiger charge is -2.29. The van der Waals surface area contributed by atoms with Gasteiger partial charge in [-0.1, -0.05) is 164 Å². The first-order valence-electron chi connectivity index (χ1n) is 23.3. The van der Waals surface area contributed by atoms with Crippen LogP contribution in [0.2, 0.25) is 0 Å². The molecule has 0 aliphatic rings. The number of hydrogen-bond donors (Lipinski definition) is 0. The maximum Gasteiger partial charge on any atom is 0.136 e. The summed E-state index contributed by atoms with van der Waals surface area (Å²) in [6, 6.07) is 90.0. The molecule has 0 bridgehead atoms. The number of para-hydroxylation sites is 6. The van der Waals surface area contributed by atoms with Gasteiger partial charge in [0.1, 0.15) is 11.2 Å². The Hall–Kier alpha value is -9.12. The molecule has 0 saturated carbocycles. The van der Waals surface area contributed by atoms with E-state index < -0.39 is 0 Å². The predicted molar refractivity (Wildman–Crippen MR) is 285 cm³/mol.